The SMILES string of the molecule is O=C(Nc1cccc2c(=O)[nH][nH]c(=O)c12)C(c1ccccc1)c1ccccc1. The van der Waals surface area contributed by atoms with Crippen LogP contribution in [-0.4, -0.2) is 16.1 Å². The number of hydrogen-bond donors (Lipinski definition) is 3. The maximum atomic E-state index is 13.2. The molecule has 1 amide bonds. The number of carbonyl (C=O) groups excluding carboxylic acids is 1. The van der Waals surface area contributed by atoms with E-state index in [9.17, 15) is 14.4 Å². The van der Waals surface area contributed by atoms with Crippen LogP contribution in [0, 0.1) is 0 Å². The molecule has 6 nitrogen and oxygen atoms in total. The minimum absolute atomic E-state index is 0.152. The largest absolute Gasteiger partial charge is 0.324 e. The number of benzene rings is 3. The van der Waals surface area contributed by atoms with E-state index in [0.717, 1.165) is 11.1 Å². The first-order chi connectivity index (χ1) is 13.6. The molecule has 0 bridgehead atoms. The molecule has 4 aromatic rings. The van der Waals surface area contributed by atoms with Crippen molar-refractivity contribution in [3.63, 3.8) is 0 Å². The summed E-state index contributed by atoms with van der Waals surface area (Å²) in [7, 11) is 0. The summed E-state index contributed by atoms with van der Waals surface area (Å²) >= 11 is 0. The normalized spacial score (nSPS) is 10.9. The Hall–Kier alpha value is -3.93. The number of aromatic amines is 2. The summed E-state index contributed by atoms with van der Waals surface area (Å²) in [5, 5.41) is 7.81. The monoisotopic (exact) mass is 371 g/mol. The van der Waals surface area contributed by atoms with Crippen LogP contribution in [0.1, 0.15) is 17.0 Å². The Morgan fingerprint density at radius 2 is 1.29 bits per heavy atom. The number of nitrogens with one attached hydrogen (secondary N) is 3. The van der Waals surface area contributed by atoms with Crippen LogP contribution in [0.4, 0.5) is 5.69 Å². The molecule has 0 saturated carbocycles. The van der Waals surface area contributed by atoms with Gasteiger partial charge >= 0.3 is 0 Å². The summed E-state index contributed by atoms with van der Waals surface area (Å²) in [5.74, 6) is -0.844. The number of rotatable bonds is 4. The molecule has 3 aromatic carbocycles. The van der Waals surface area contributed by atoms with Crippen LogP contribution in [0.2, 0.25) is 0 Å². The van der Waals surface area contributed by atoms with Gasteiger partial charge < -0.3 is 5.32 Å². The Morgan fingerprint density at radius 3 is 1.89 bits per heavy atom. The van der Waals surface area contributed by atoms with Gasteiger partial charge in [-0.2, -0.15) is 0 Å². The molecule has 1 heterocycles. The van der Waals surface area contributed by atoms with E-state index in [4.69, 9.17) is 0 Å². The molecule has 6 heteroatoms. The quantitative estimate of drug-likeness (QED) is 0.515. The minimum atomic E-state index is -0.557. The Labute approximate surface area is 159 Å². The summed E-state index contributed by atoms with van der Waals surface area (Å²) in [4.78, 5) is 37.5. The number of H-pyrrole nitrogens is 2. The highest BCUT2D eigenvalue weighted by Gasteiger charge is 2.23. The summed E-state index contributed by atoms with van der Waals surface area (Å²) < 4.78 is 0. The van der Waals surface area contributed by atoms with E-state index < -0.39 is 17.0 Å². The number of hydrogen-bond acceptors (Lipinski definition) is 3. The highest BCUT2D eigenvalue weighted by Crippen LogP contribution is 2.27. The molecule has 0 fully saturated rings. The molecule has 28 heavy (non-hydrogen) atoms. The van der Waals surface area contributed by atoms with Gasteiger partial charge in [0.1, 0.15) is 0 Å². The maximum absolute atomic E-state index is 13.2. The van der Waals surface area contributed by atoms with E-state index in [0.29, 0.717) is 5.69 Å². The third kappa shape index (κ3) is 3.23. The van der Waals surface area contributed by atoms with E-state index in [1.807, 2.05) is 60.7 Å². The Morgan fingerprint density at radius 1 is 0.714 bits per heavy atom. The molecule has 4 rings (SSSR count). The van der Waals surface area contributed by atoms with Gasteiger partial charge in [-0.15, -0.1) is 0 Å². The molecular formula is C22H17N3O3. The van der Waals surface area contributed by atoms with Crippen LogP contribution in [0.5, 0.6) is 0 Å². The number of aromatic nitrogens is 2. The van der Waals surface area contributed by atoms with E-state index in [-0.39, 0.29) is 16.7 Å². The molecule has 1 aromatic heterocycles. The first-order valence-corrected chi connectivity index (χ1v) is 8.79. The fraction of sp³-hybridized carbons (Fsp3) is 0.0455. The van der Waals surface area contributed by atoms with Crippen LogP contribution >= 0.6 is 0 Å². The third-order valence-corrected chi connectivity index (χ3v) is 4.61. The zero-order valence-corrected chi connectivity index (χ0v) is 14.8. The number of amides is 1. The highest BCUT2D eigenvalue weighted by atomic mass is 16.2. The Balaban J connectivity index is 1.80. The second-order valence-corrected chi connectivity index (χ2v) is 6.38. The van der Waals surface area contributed by atoms with Gasteiger partial charge in [0.2, 0.25) is 5.91 Å². The van der Waals surface area contributed by atoms with Gasteiger partial charge in [0.05, 0.1) is 22.4 Å². The molecule has 0 spiro atoms. The summed E-state index contributed by atoms with van der Waals surface area (Å²) in [6.07, 6.45) is 0. The molecule has 0 saturated heterocycles. The van der Waals surface area contributed by atoms with Crippen molar-refractivity contribution in [3.8, 4) is 0 Å². The van der Waals surface area contributed by atoms with Crippen LogP contribution < -0.4 is 16.4 Å². The molecule has 138 valence electrons. The summed E-state index contributed by atoms with van der Waals surface area (Å²) in [6, 6.07) is 23.6. The van der Waals surface area contributed by atoms with Gasteiger partial charge in [-0.3, -0.25) is 24.6 Å². The topological polar surface area (TPSA) is 94.8 Å². The maximum Gasteiger partial charge on any atom is 0.272 e. The first-order valence-electron chi connectivity index (χ1n) is 8.79. The Kier molecular flexibility index (Phi) is 4.60. The van der Waals surface area contributed by atoms with Gasteiger partial charge in [0, 0.05) is 0 Å². The van der Waals surface area contributed by atoms with Crippen molar-refractivity contribution in [1.82, 2.24) is 10.2 Å². The van der Waals surface area contributed by atoms with Gasteiger partial charge in [-0.25, -0.2) is 0 Å². The highest BCUT2D eigenvalue weighted by molar-refractivity contribution is 6.04. The van der Waals surface area contributed by atoms with Gasteiger partial charge in [0.25, 0.3) is 11.1 Å². The fourth-order valence-electron chi connectivity index (χ4n) is 3.32. The van der Waals surface area contributed by atoms with Crippen molar-refractivity contribution < 1.29 is 4.79 Å². The second kappa shape index (κ2) is 7.36. The third-order valence-electron chi connectivity index (χ3n) is 4.61. The standard InChI is InChI=1S/C22H17N3O3/c26-20-16-12-7-13-17(19(16)22(28)25-24-20)23-21(27)18(14-8-3-1-4-9-14)15-10-5-2-6-11-15/h1-13,18H,(H,23,27)(H,24,26)(H,25,28). The van der Waals surface area contributed by atoms with Gasteiger partial charge in [0.15, 0.2) is 0 Å². The Bertz CT molecular complexity index is 1210. The number of carbonyl (C=O) groups is 1. The molecule has 0 unspecified atom stereocenters. The van der Waals surface area contributed by atoms with Gasteiger partial charge in [-0.05, 0) is 23.3 Å². The first kappa shape index (κ1) is 17.5. The summed E-state index contributed by atoms with van der Waals surface area (Å²) in [6.45, 7) is 0. The molecule has 0 radical (unpaired) electrons. The molecule has 3 N–H and O–H groups in total. The predicted molar refractivity (Wildman–Crippen MR) is 109 cm³/mol. The zero-order valence-electron chi connectivity index (χ0n) is 14.8. The van der Waals surface area contributed by atoms with E-state index >= 15 is 0 Å². The van der Waals surface area contributed by atoms with E-state index in [2.05, 4.69) is 15.5 Å². The minimum Gasteiger partial charge on any atom is -0.324 e. The summed E-state index contributed by atoms with van der Waals surface area (Å²) in [5.41, 5.74) is 1.07. The molecule has 0 atom stereocenters. The molecule has 0 aliphatic heterocycles. The lowest BCUT2D eigenvalue weighted by Crippen LogP contribution is -2.25. The van der Waals surface area contributed by atoms with Crippen LogP contribution in [0.15, 0.2) is 88.5 Å². The second-order valence-electron chi connectivity index (χ2n) is 6.38. The molecule has 0 aliphatic carbocycles. The van der Waals surface area contributed by atoms with E-state index in [1.54, 1.807) is 18.2 Å². The lowest BCUT2D eigenvalue weighted by Gasteiger charge is -2.18. The average molecular weight is 371 g/mol. The van der Waals surface area contributed by atoms with Crippen molar-refractivity contribution >= 4 is 22.4 Å². The van der Waals surface area contributed by atoms with Crippen molar-refractivity contribution in [2.45, 2.75) is 5.92 Å². The average Bonchev–Trinajstić information content (AvgIpc) is 2.73. The van der Waals surface area contributed by atoms with Crippen molar-refractivity contribution in [2.75, 3.05) is 5.32 Å². The molecular weight excluding hydrogens is 354 g/mol. The lowest BCUT2D eigenvalue weighted by molar-refractivity contribution is -0.116. The fourth-order valence-corrected chi connectivity index (χ4v) is 3.32. The number of anilines is 1. The van der Waals surface area contributed by atoms with Crippen molar-refractivity contribution in [2.24, 2.45) is 0 Å². The molecule has 0 aliphatic rings. The van der Waals surface area contributed by atoms with Crippen molar-refractivity contribution in [1.29, 1.82) is 0 Å². The van der Waals surface area contributed by atoms with Gasteiger partial charge in [-0.1, -0.05) is 66.7 Å². The van der Waals surface area contributed by atoms with Crippen LogP contribution in [0.25, 0.3) is 10.8 Å². The van der Waals surface area contributed by atoms with Crippen LogP contribution in [-0.2, 0) is 4.79 Å². The predicted octanol–water partition coefficient (Wildman–Crippen LogP) is 2.99. The zero-order chi connectivity index (χ0) is 19.5. The smallest absolute Gasteiger partial charge is 0.272 e. The number of fused-ring (bicyclic) bond motifs is 1. The van der Waals surface area contributed by atoms with Crippen molar-refractivity contribution in [3.05, 3.63) is 111 Å². The van der Waals surface area contributed by atoms with Crippen LogP contribution in [0.3, 0.4) is 0 Å². The lowest BCUT2D eigenvalue weighted by atomic mass is 9.90. The van der Waals surface area contributed by atoms with E-state index in [1.165, 1.54) is 0 Å².